The van der Waals surface area contributed by atoms with Gasteiger partial charge >= 0.3 is 0 Å². The minimum atomic E-state index is -1.45. The molecule has 1 unspecified atom stereocenters. The van der Waals surface area contributed by atoms with Crippen molar-refractivity contribution in [3.05, 3.63) is 64.7 Å². The molecular formula is C15H15F3N2. The summed E-state index contributed by atoms with van der Waals surface area (Å²) in [4.78, 5) is 3.98. The number of hydrogen-bond acceptors (Lipinski definition) is 2. The van der Waals surface area contributed by atoms with Crippen LogP contribution in [0.3, 0.4) is 0 Å². The second-order valence-corrected chi connectivity index (χ2v) is 4.49. The van der Waals surface area contributed by atoms with Gasteiger partial charge in [0.1, 0.15) is 0 Å². The molecular weight excluding hydrogens is 265 g/mol. The Hall–Kier alpha value is -1.88. The lowest BCUT2D eigenvalue weighted by molar-refractivity contribution is 0.433. The van der Waals surface area contributed by atoms with Gasteiger partial charge < -0.3 is 5.32 Å². The van der Waals surface area contributed by atoms with E-state index in [2.05, 4.69) is 10.3 Å². The Bertz CT molecular complexity index is 614. The molecule has 5 heteroatoms. The largest absolute Gasteiger partial charge is 0.306 e. The van der Waals surface area contributed by atoms with E-state index in [0.29, 0.717) is 6.54 Å². The van der Waals surface area contributed by atoms with E-state index in [-0.39, 0.29) is 5.56 Å². The van der Waals surface area contributed by atoms with Gasteiger partial charge in [-0.2, -0.15) is 0 Å². The summed E-state index contributed by atoms with van der Waals surface area (Å²) in [6, 6.07) is 3.40. The summed E-state index contributed by atoms with van der Waals surface area (Å²) in [7, 11) is 0. The van der Waals surface area contributed by atoms with Crippen LogP contribution in [0.5, 0.6) is 0 Å². The number of halogens is 3. The minimum Gasteiger partial charge on any atom is -0.306 e. The van der Waals surface area contributed by atoms with E-state index in [1.54, 1.807) is 18.5 Å². The molecule has 1 aromatic heterocycles. The van der Waals surface area contributed by atoms with Crippen LogP contribution in [0, 0.1) is 24.4 Å². The van der Waals surface area contributed by atoms with Gasteiger partial charge in [-0.05, 0) is 36.7 Å². The first-order valence-electron chi connectivity index (χ1n) is 6.33. The van der Waals surface area contributed by atoms with E-state index in [0.717, 1.165) is 17.2 Å². The predicted octanol–water partition coefficient (Wildman–Crippen LogP) is 3.51. The molecule has 0 aliphatic rings. The van der Waals surface area contributed by atoms with Crippen molar-refractivity contribution in [3.63, 3.8) is 0 Å². The molecule has 2 rings (SSSR count). The number of rotatable bonds is 4. The van der Waals surface area contributed by atoms with Gasteiger partial charge in [0.2, 0.25) is 0 Å². The van der Waals surface area contributed by atoms with Crippen molar-refractivity contribution in [2.75, 3.05) is 6.54 Å². The third kappa shape index (κ3) is 2.67. The van der Waals surface area contributed by atoms with E-state index in [1.165, 1.54) is 6.07 Å². The predicted molar refractivity (Wildman–Crippen MR) is 70.8 cm³/mol. The van der Waals surface area contributed by atoms with Crippen molar-refractivity contribution in [1.29, 1.82) is 0 Å². The Morgan fingerprint density at radius 3 is 2.50 bits per heavy atom. The number of benzene rings is 1. The molecule has 106 valence electrons. The van der Waals surface area contributed by atoms with E-state index in [1.807, 2.05) is 13.8 Å². The van der Waals surface area contributed by atoms with Gasteiger partial charge in [0.15, 0.2) is 17.5 Å². The normalized spacial score (nSPS) is 12.4. The van der Waals surface area contributed by atoms with Crippen molar-refractivity contribution < 1.29 is 13.2 Å². The fraction of sp³-hybridized carbons (Fsp3) is 0.267. The summed E-state index contributed by atoms with van der Waals surface area (Å²) in [6.45, 7) is 4.26. The molecule has 1 N–H and O–H groups in total. The van der Waals surface area contributed by atoms with Crippen LogP contribution in [0.15, 0.2) is 30.6 Å². The first kappa shape index (κ1) is 14.5. The van der Waals surface area contributed by atoms with Gasteiger partial charge in [0, 0.05) is 18.0 Å². The van der Waals surface area contributed by atoms with Crippen LogP contribution >= 0.6 is 0 Å². The molecule has 1 atom stereocenters. The number of nitrogens with one attached hydrogen (secondary N) is 1. The summed E-state index contributed by atoms with van der Waals surface area (Å²) < 4.78 is 40.4. The van der Waals surface area contributed by atoms with E-state index < -0.39 is 23.5 Å². The number of nitrogens with zero attached hydrogens (tertiary/aromatic N) is 1. The van der Waals surface area contributed by atoms with Gasteiger partial charge in [-0.25, -0.2) is 13.2 Å². The highest BCUT2D eigenvalue weighted by Gasteiger charge is 2.22. The lowest BCUT2D eigenvalue weighted by Gasteiger charge is -2.21. The maximum absolute atomic E-state index is 14.0. The minimum absolute atomic E-state index is 0.0834. The zero-order chi connectivity index (χ0) is 14.7. The standard InChI is InChI=1S/C15H15F3N2/c1-3-20-15(10-6-7-19-8-9(10)2)11-4-5-12(16)14(18)13(11)17/h4-8,15,20H,3H2,1-2H3. The van der Waals surface area contributed by atoms with Crippen molar-refractivity contribution >= 4 is 0 Å². The van der Waals surface area contributed by atoms with Crippen molar-refractivity contribution in [1.82, 2.24) is 10.3 Å². The average Bonchev–Trinajstić information content (AvgIpc) is 2.44. The summed E-state index contributed by atoms with van der Waals surface area (Å²) >= 11 is 0. The molecule has 2 nitrogen and oxygen atoms in total. The average molecular weight is 280 g/mol. The third-order valence-electron chi connectivity index (χ3n) is 3.16. The Balaban J connectivity index is 2.55. The SMILES string of the molecule is CCNC(c1ccncc1C)c1ccc(F)c(F)c1F. The zero-order valence-electron chi connectivity index (χ0n) is 11.3. The molecule has 20 heavy (non-hydrogen) atoms. The molecule has 2 aromatic rings. The van der Waals surface area contributed by atoms with Gasteiger partial charge in [0.05, 0.1) is 6.04 Å². The Morgan fingerprint density at radius 2 is 1.85 bits per heavy atom. The molecule has 0 saturated heterocycles. The Labute approximate surface area is 115 Å². The third-order valence-corrected chi connectivity index (χ3v) is 3.16. The molecule has 0 radical (unpaired) electrons. The van der Waals surface area contributed by atoms with Crippen LogP contribution in [0.2, 0.25) is 0 Å². The quantitative estimate of drug-likeness (QED) is 0.867. The molecule has 1 aromatic carbocycles. The second-order valence-electron chi connectivity index (χ2n) is 4.49. The van der Waals surface area contributed by atoms with Gasteiger partial charge in [-0.15, -0.1) is 0 Å². The van der Waals surface area contributed by atoms with E-state index >= 15 is 0 Å². The maximum atomic E-state index is 14.0. The van der Waals surface area contributed by atoms with Gasteiger partial charge in [0.25, 0.3) is 0 Å². The van der Waals surface area contributed by atoms with E-state index in [9.17, 15) is 13.2 Å². The monoisotopic (exact) mass is 280 g/mol. The highest BCUT2D eigenvalue weighted by molar-refractivity contribution is 5.36. The number of aryl methyl sites for hydroxylation is 1. The van der Waals surface area contributed by atoms with Crippen molar-refractivity contribution in [2.45, 2.75) is 19.9 Å². The van der Waals surface area contributed by atoms with E-state index in [4.69, 9.17) is 0 Å². The van der Waals surface area contributed by atoms with Gasteiger partial charge in [-0.3, -0.25) is 4.98 Å². The second kappa shape index (κ2) is 6.05. The molecule has 0 saturated carbocycles. The first-order valence-corrected chi connectivity index (χ1v) is 6.33. The first-order chi connectivity index (χ1) is 9.56. The van der Waals surface area contributed by atoms with Crippen LogP contribution in [0.1, 0.15) is 29.7 Å². The fourth-order valence-corrected chi connectivity index (χ4v) is 2.16. The molecule has 0 amide bonds. The summed E-state index contributed by atoms with van der Waals surface area (Å²) in [5, 5.41) is 3.09. The highest BCUT2D eigenvalue weighted by Crippen LogP contribution is 2.28. The van der Waals surface area contributed by atoms with Crippen LogP contribution < -0.4 is 5.32 Å². The summed E-state index contributed by atoms with van der Waals surface area (Å²) in [5.74, 6) is -3.79. The van der Waals surface area contributed by atoms with Crippen molar-refractivity contribution in [3.8, 4) is 0 Å². The lowest BCUT2D eigenvalue weighted by atomic mass is 9.95. The summed E-state index contributed by atoms with van der Waals surface area (Å²) in [6.07, 6.45) is 3.24. The van der Waals surface area contributed by atoms with Crippen LogP contribution in [0.4, 0.5) is 13.2 Å². The Morgan fingerprint density at radius 1 is 1.10 bits per heavy atom. The molecule has 0 spiro atoms. The topological polar surface area (TPSA) is 24.9 Å². The van der Waals surface area contributed by atoms with Gasteiger partial charge in [-0.1, -0.05) is 13.0 Å². The number of pyridine rings is 1. The van der Waals surface area contributed by atoms with Crippen LogP contribution in [-0.4, -0.2) is 11.5 Å². The highest BCUT2D eigenvalue weighted by atomic mass is 19.2. The lowest BCUT2D eigenvalue weighted by Crippen LogP contribution is -2.24. The summed E-state index contributed by atoms with van der Waals surface area (Å²) in [5.41, 5.74) is 1.72. The van der Waals surface area contributed by atoms with Crippen molar-refractivity contribution in [2.24, 2.45) is 0 Å². The molecule has 0 fully saturated rings. The molecule has 0 bridgehead atoms. The Kier molecular flexibility index (Phi) is 4.39. The zero-order valence-corrected chi connectivity index (χ0v) is 11.3. The van der Waals surface area contributed by atoms with Crippen LogP contribution in [0.25, 0.3) is 0 Å². The molecule has 1 heterocycles. The number of aromatic nitrogens is 1. The smallest absolute Gasteiger partial charge is 0.194 e. The molecule has 0 aliphatic heterocycles. The number of hydrogen-bond donors (Lipinski definition) is 1. The van der Waals surface area contributed by atoms with Crippen LogP contribution in [-0.2, 0) is 0 Å². The fourth-order valence-electron chi connectivity index (χ4n) is 2.16. The maximum Gasteiger partial charge on any atom is 0.194 e. The molecule has 0 aliphatic carbocycles.